The summed E-state index contributed by atoms with van der Waals surface area (Å²) in [4.78, 5) is 27.4. The average molecular weight is 522 g/mol. The van der Waals surface area contributed by atoms with Gasteiger partial charge in [0.05, 0.1) is 19.1 Å². The molecular weight excluding hydrogens is 486 g/mol. The molecule has 2 aromatic carbocycles. The van der Waals surface area contributed by atoms with E-state index in [1.807, 2.05) is 79.8 Å². The molecule has 200 valence electrons. The molecule has 39 heavy (non-hydrogen) atoms. The summed E-state index contributed by atoms with van der Waals surface area (Å²) in [6.45, 7) is 2.38. The van der Waals surface area contributed by atoms with Gasteiger partial charge >= 0.3 is 0 Å². The minimum Gasteiger partial charge on any atom is -0.496 e. The molecule has 2 amide bonds. The van der Waals surface area contributed by atoms with Gasteiger partial charge in [0.1, 0.15) is 5.75 Å². The van der Waals surface area contributed by atoms with Crippen molar-refractivity contribution in [1.29, 1.82) is 0 Å². The van der Waals surface area contributed by atoms with E-state index in [1.54, 1.807) is 7.11 Å². The van der Waals surface area contributed by atoms with Crippen LogP contribution in [-0.4, -0.2) is 48.0 Å². The summed E-state index contributed by atoms with van der Waals surface area (Å²) in [5.74, 6) is 0.370. The lowest BCUT2D eigenvalue weighted by atomic mass is 9.79. The monoisotopic (exact) mass is 521 g/mol. The quantitative estimate of drug-likeness (QED) is 0.356. The number of imide groups is 1. The zero-order chi connectivity index (χ0) is 27.2. The van der Waals surface area contributed by atoms with Crippen molar-refractivity contribution in [3.8, 4) is 5.75 Å². The van der Waals surface area contributed by atoms with Crippen molar-refractivity contribution in [1.82, 2.24) is 9.91 Å². The Balaban J connectivity index is 1.38. The highest BCUT2D eigenvalue weighted by atomic mass is 16.5. The van der Waals surface area contributed by atoms with Crippen molar-refractivity contribution >= 4 is 18.0 Å². The molecule has 1 aliphatic heterocycles. The van der Waals surface area contributed by atoms with Gasteiger partial charge in [-0.2, -0.15) is 0 Å². The minimum atomic E-state index is -0.482. The number of ether oxygens (including phenoxy) is 1. The van der Waals surface area contributed by atoms with Gasteiger partial charge in [-0.15, -0.1) is 0 Å². The number of rotatable bonds is 9. The van der Waals surface area contributed by atoms with Crippen LogP contribution in [0.2, 0.25) is 0 Å². The lowest BCUT2D eigenvalue weighted by molar-refractivity contribution is -0.142. The highest BCUT2D eigenvalue weighted by molar-refractivity contribution is 5.90. The second-order valence-electron chi connectivity index (χ2n) is 10.2. The van der Waals surface area contributed by atoms with Crippen molar-refractivity contribution in [2.75, 3.05) is 19.1 Å². The van der Waals surface area contributed by atoms with E-state index >= 15 is 0 Å². The van der Waals surface area contributed by atoms with Crippen LogP contribution < -0.4 is 10.2 Å². The van der Waals surface area contributed by atoms with Gasteiger partial charge in [0.2, 0.25) is 12.3 Å². The Labute approximate surface area is 230 Å². The molecule has 5 unspecified atom stereocenters. The van der Waals surface area contributed by atoms with E-state index in [-0.39, 0.29) is 29.8 Å². The van der Waals surface area contributed by atoms with Crippen LogP contribution in [-0.2, 0) is 16.0 Å². The van der Waals surface area contributed by atoms with Crippen molar-refractivity contribution in [3.63, 3.8) is 0 Å². The number of carbonyl (C=O) groups is 2. The fraction of sp³-hybridized carbons (Fsp3) is 0.273. The lowest BCUT2D eigenvalue weighted by Crippen LogP contribution is -2.55. The standard InChI is InChI=1S/C33H35N3O3/c1-24-30(33(38)35(23-37)22-27-14-10-13-25-11-6-8-17-31(25)27)20-19-29(21-26-12-7-9-18-32(26)39-2)36(24)34-28-15-4-3-5-16-28/h3-20,23-24,27,29-31,34H,21-22H2,1-2H3. The molecule has 0 radical (unpaired) electrons. The first-order valence-electron chi connectivity index (χ1n) is 13.5. The first-order chi connectivity index (χ1) is 19.1. The third-order valence-corrected chi connectivity index (χ3v) is 7.82. The summed E-state index contributed by atoms with van der Waals surface area (Å²) in [6.07, 6.45) is 19.9. The number of fused-ring (bicyclic) bond motifs is 1. The molecule has 2 aromatic rings. The zero-order valence-corrected chi connectivity index (χ0v) is 22.4. The largest absolute Gasteiger partial charge is 0.496 e. The molecule has 5 atom stereocenters. The van der Waals surface area contributed by atoms with E-state index in [2.05, 4.69) is 46.9 Å². The number of amides is 2. The molecule has 2 aliphatic carbocycles. The van der Waals surface area contributed by atoms with Crippen LogP contribution in [0, 0.1) is 17.8 Å². The summed E-state index contributed by atoms with van der Waals surface area (Å²) in [7, 11) is 1.68. The van der Waals surface area contributed by atoms with Crippen molar-refractivity contribution in [2.24, 2.45) is 17.8 Å². The number of nitrogens with zero attached hydrogens (tertiary/aromatic N) is 2. The predicted molar refractivity (Wildman–Crippen MR) is 155 cm³/mol. The van der Waals surface area contributed by atoms with E-state index in [0.717, 1.165) is 17.0 Å². The molecule has 6 heteroatoms. The maximum Gasteiger partial charge on any atom is 0.237 e. The van der Waals surface area contributed by atoms with Crippen molar-refractivity contribution in [3.05, 3.63) is 120 Å². The lowest BCUT2D eigenvalue weighted by Gasteiger charge is -2.42. The van der Waals surface area contributed by atoms with Crippen molar-refractivity contribution < 1.29 is 14.3 Å². The van der Waals surface area contributed by atoms with Crippen LogP contribution in [0.4, 0.5) is 5.69 Å². The number of carbonyl (C=O) groups excluding carboxylic acids is 2. The van der Waals surface area contributed by atoms with Gasteiger partial charge in [-0.3, -0.25) is 14.5 Å². The van der Waals surface area contributed by atoms with Crippen LogP contribution in [0.25, 0.3) is 0 Å². The summed E-state index contributed by atoms with van der Waals surface area (Å²) in [5, 5.41) is 2.13. The van der Waals surface area contributed by atoms with Gasteiger partial charge in [-0.1, -0.05) is 91.1 Å². The van der Waals surface area contributed by atoms with E-state index in [4.69, 9.17) is 4.74 Å². The number of benzene rings is 2. The van der Waals surface area contributed by atoms with E-state index < -0.39 is 5.92 Å². The Morgan fingerprint density at radius 3 is 2.59 bits per heavy atom. The van der Waals surface area contributed by atoms with E-state index in [0.29, 0.717) is 19.4 Å². The number of hydrazine groups is 1. The summed E-state index contributed by atoms with van der Waals surface area (Å²) in [6, 6.07) is 17.7. The zero-order valence-electron chi connectivity index (χ0n) is 22.4. The smallest absolute Gasteiger partial charge is 0.237 e. The molecule has 0 aromatic heterocycles. The van der Waals surface area contributed by atoms with Gasteiger partial charge in [0.15, 0.2) is 0 Å². The SMILES string of the molecule is COc1ccccc1CC1C=CC(C(=O)N(C=O)CC2C=CC=C3C=CC=CC32)C(C)N1Nc1ccccc1. The van der Waals surface area contributed by atoms with E-state index in [9.17, 15) is 9.59 Å². The van der Waals surface area contributed by atoms with Crippen LogP contribution in [0.15, 0.2) is 115 Å². The summed E-state index contributed by atoms with van der Waals surface area (Å²) in [5.41, 5.74) is 6.77. The maximum absolute atomic E-state index is 13.8. The number of hydrogen-bond acceptors (Lipinski definition) is 5. The average Bonchev–Trinajstić information content (AvgIpc) is 2.98. The fourth-order valence-electron chi connectivity index (χ4n) is 5.71. The highest BCUT2D eigenvalue weighted by Gasteiger charge is 2.38. The van der Waals surface area contributed by atoms with Crippen LogP contribution in [0.3, 0.4) is 0 Å². The minimum absolute atomic E-state index is 0.0293. The first-order valence-corrected chi connectivity index (χ1v) is 13.5. The molecule has 0 saturated heterocycles. The van der Waals surface area contributed by atoms with Crippen LogP contribution in [0.5, 0.6) is 5.75 Å². The number of para-hydroxylation sites is 2. The van der Waals surface area contributed by atoms with Crippen molar-refractivity contribution in [2.45, 2.75) is 25.4 Å². The Morgan fingerprint density at radius 2 is 1.79 bits per heavy atom. The van der Waals surface area contributed by atoms with E-state index in [1.165, 1.54) is 10.5 Å². The summed E-state index contributed by atoms with van der Waals surface area (Å²) >= 11 is 0. The third-order valence-electron chi connectivity index (χ3n) is 7.82. The molecule has 0 saturated carbocycles. The van der Waals surface area contributed by atoms with Gasteiger partial charge in [0.25, 0.3) is 0 Å². The number of allylic oxidation sites excluding steroid dienone is 7. The number of anilines is 1. The highest BCUT2D eigenvalue weighted by Crippen LogP contribution is 2.33. The third kappa shape index (κ3) is 5.81. The molecule has 1 N–H and O–H groups in total. The molecule has 6 nitrogen and oxygen atoms in total. The van der Waals surface area contributed by atoms with Gasteiger partial charge < -0.3 is 10.2 Å². The fourth-order valence-corrected chi connectivity index (χ4v) is 5.71. The van der Waals surface area contributed by atoms with Gasteiger partial charge in [-0.25, -0.2) is 5.01 Å². The van der Waals surface area contributed by atoms with Gasteiger partial charge in [-0.05, 0) is 42.7 Å². The molecule has 1 heterocycles. The predicted octanol–water partition coefficient (Wildman–Crippen LogP) is 5.35. The second-order valence-corrected chi connectivity index (χ2v) is 10.2. The second kappa shape index (κ2) is 12.1. The summed E-state index contributed by atoms with van der Waals surface area (Å²) < 4.78 is 5.60. The first kappa shape index (κ1) is 26.4. The Morgan fingerprint density at radius 1 is 1.00 bits per heavy atom. The van der Waals surface area contributed by atoms with Crippen LogP contribution in [0.1, 0.15) is 12.5 Å². The molecule has 0 fully saturated rings. The van der Waals surface area contributed by atoms with Crippen LogP contribution >= 0.6 is 0 Å². The molecular formula is C33H35N3O3. The van der Waals surface area contributed by atoms with Gasteiger partial charge in [0, 0.05) is 30.1 Å². The molecule has 0 spiro atoms. The maximum atomic E-state index is 13.8. The Hall–Kier alpha value is -4.16. The number of hydrogen-bond donors (Lipinski definition) is 1. The molecule has 3 aliphatic rings. The number of methoxy groups -OCH3 is 1. The normalized spacial score (nSPS) is 25.5. The Kier molecular flexibility index (Phi) is 8.23. The Bertz CT molecular complexity index is 1330. The molecule has 0 bridgehead atoms. The number of nitrogens with one attached hydrogen (secondary N) is 1. The molecule has 5 rings (SSSR count). The topological polar surface area (TPSA) is 61.9 Å².